The van der Waals surface area contributed by atoms with Crippen LogP contribution < -0.4 is 0 Å². The summed E-state index contributed by atoms with van der Waals surface area (Å²) in [5, 5.41) is 3.43. The Hall–Kier alpha value is -0.940. The fourth-order valence-corrected chi connectivity index (χ4v) is 1.90. The molecule has 0 heterocycles. The number of ether oxygens (including phenoxy) is 4. The molecule has 0 aliphatic heterocycles. The highest BCUT2D eigenvalue weighted by Crippen LogP contribution is 1.98. The minimum atomic E-state index is -3.43. The van der Waals surface area contributed by atoms with Crippen LogP contribution in [-0.4, -0.2) is 81.7 Å². The van der Waals surface area contributed by atoms with Gasteiger partial charge in [0.15, 0.2) is 0 Å². The summed E-state index contributed by atoms with van der Waals surface area (Å²) in [4.78, 5) is 2.64. The first-order chi connectivity index (χ1) is 10.3. The van der Waals surface area contributed by atoms with Gasteiger partial charge in [0.25, 0.3) is 10.1 Å². The molecule has 10 nitrogen and oxygen atoms in total. The van der Waals surface area contributed by atoms with Crippen LogP contribution in [0, 0.1) is 0 Å². The summed E-state index contributed by atoms with van der Waals surface area (Å²) < 4.78 is 45.0. The fourth-order valence-electron chi connectivity index (χ4n) is 1.30. The van der Waals surface area contributed by atoms with Gasteiger partial charge in [-0.05, 0) is 5.53 Å². The molecule has 0 fully saturated rings. The average Bonchev–Trinajstić information content (AvgIpc) is 2.39. The predicted octanol–water partition coefficient (Wildman–Crippen LogP) is 0.582. The zero-order chi connectivity index (χ0) is 17.4. The maximum atomic E-state index is 10.7. The largest absolute Gasteiger partial charge is 0.384 e. The number of hydrogen-bond acceptors (Lipinski definition) is 8. The first-order valence-corrected chi connectivity index (χ1v) is 8.04. The van der Waals surface area contributed by atoms with Crippen LogP contribution in [0.25, 0.3) is 10.4 Å². The van der Waals surface area contributed by atoms with Gasteiger partial charge in [-0.1, -0.05) is 5.11 Å². The number of rotatable bonds is 11. The summed E-state index contributed by atoms with van der Waals surface area (Å²) in [5.41, 5.74) is 8.04. The Balaban J connectivity index is 0. The van der Waals surface area contributed by atoms with Gasteiger partial charge in [0.1, 0.15) is 6.10 Å². The van der Waals surface area contributed by atoms with Crippen molar-refractivity contribution in [2.45, 2.75) is 12.1 Å². The topological polar surface area (TPSA) is 129 Å². The van der Waals surface area contributed by atoms with E-state index in [4.69, 9.17) is 24.5 Å². The normalized spacial score (nSPS) is 11.0. The van der Waals surface area contributed by atoms with Crippen molar-refractivity contribution >= 4 is 10.1 Å². The lowest BCUT2D eigenvalue weighted by Crippen LogP contribution is -2.27. The van der Waals surface area contributed by atoms with E-state index >= 15 is 0 Å². The maximum absolute atomic E-state index is 10.7. The smallest absolute Gasteiger partial charge is 0.264 e. The summed E-state index contributed by atoms with van der Waals surface area (Å²) in [6, 6.07) is -0.208. The highest BCUT2D eigenvalue weighted by atomic mass is 32.2. The molecule has 0 unspecified atom stereocenters. The molecular formula is C11H25N3O7S. The fraction of sp³-hybridized carbons (Fsp3) is 1.00. The molecule has 22 heavy (non-hydrogen) atoms. The molecule has 0 N–H and O–H groups in total. The van der Waals surface area contributed by atoms with Crippen molar-refractivity contribution in [1.29, 1.82) is 0 Å². The first-order valence-electron chi connectivity index (χ1n) is 6.22. The monoisotopic (exact) mass is 343 g/mol. The van der Waals surface area contributed by atoms with Crippen LogP contribution in [0.15, 0.2) is 5.11 Å². The van der Waals surface area contributed by atoms with Crippen molar-refractivity contribution in [3.63, 3.8) is 0 Å². The highest BCUT2D eigenvalue weighted by Gasteiger charge is 2.14. The van der Waals surface area contributed by atoms with E-state index in [1.54, 1.807) is 14.2 Å². The zero-order valence-corrected chi connectivity index (χ0v) is 14.4. The molecule has 0 rings (SSSR count). The lowest BCUT2D eigenvalue weighted by atomic mass is 10.4. The molecule has 11 heteroatoms. The number of hydrogen-bond donors (Lipinski definition) is 0. The summed E-state index contributed by atoms with van der Waals surface area (Å²) in [6.45, 7) is 1.19. The molecule has 0 aromatic rings. The van der Waals surface area contributed by atoms with Gasteiger partial charge < -0.3 is 18.9 Å². The standard InChI is InChI=1S/C6H14O5S.C5H11N3O2/c1-9-4-6(5-10-2)11-12(3,7)8;1-9-3-5(4-10-2)7-8-6/h6H,4-5H2,1-3H3;5H,3-4H2,1-2H3. The zero-order valence-electron chi connectivity index (χ0n) is 13.6. The Labute approximate surface area is 131 Å². The van der Waals surface area contributed by atoms with Gasteiger partial charge >= 0.3 is 0 Å². The number of methoxy groups -OCH3 is 4. The van der Waals surface area contributed by atoms with Crippen LogP contribution in [0.5, 0.6) is 0 Å². The Morgan fingerprint density at radius 1 is 0.955 bits per heavy atom. The molecule has 0 radical (unpaired) electrons. The summed E-state index contributed by atoms with van der Waals surface area (Å²) in [7, 11) is 2.61. The van der Waals surface area contributed by atoms with Gasteiger partial charge in [-0.25, -0.2) is 0 Å². The number of nitrogens with zero attached hydrogens (tertiary/aromatic N) is 3. The first kappa shape index (κ1) is 23.3. The van der Waals surface area contributed by atoms with Crippen molar-refractivity contribution in [3.05, 3.63) is 10.4 Å². The lowest BCUT2D eigenvalue weighted by Gasteiger charge is -2.13. The lowest BCUT2D eigenvalue weighted by molar-refractivity contribution is 0.0285. The third-order valence-corrected chi connectivity index (χ3v) is 2.57. The number of azide groups is 1. The van der Waals surface area contributed by atoms with Crippen molar-refractivity contribution in [2.24, 2.45) is 5.11 Å². The molecule has 0 aromatic carbocycles. The Kier molecular flexibility index (Phi) is 15.9. The molecule has 0 amide bonds. The molecule has 0 aliphatic rings. The molecule has 0 saturated carbocycles. The third kappa shape index (κ3) is 17.1. The third-order valence-electron chi connectivity index (χ3n) is 1.95. The van der Waals surface area contributed by atoms with Gasteiger partial charge in [-0.15, -0.1) is 0 Å². The Morgan fingerprint density at radius 2 is 1.36 bits per heavy atom. The molecule has 0 spiro atoms. The molecule has 0 atom stereocenters. The van der Waals surface area contributed by atoms with E-state index in [1.807, 2.05) is 0 Å². The van der Waals surface area contributed by atoms with Crippen molar-refractivity contribution < 1.29 is 31.5 Å². The van der Waals surface area contributed by atoms with E-state index in [2.05, 4.69) is 14.2 Å². The molecule has 132 valence electrons. The van der Waals surface area contributed by atoms with Crippen LogP contribution in [0.1, 0.15) is 0 Å². The van der Waals surface area contributed by atoms with E-state index in [0.29, 0.717) is 13.2 Å². The molecule has 0 aliphatic carbocycles. The van der Waals surface area contributed by atoms with Crippen LogP contribution >= 0.6 is 0 Å². The minimum Gasteiger partial charge on any atom is -0.384 e. The van der Waals surface area contributed by atoms with Crippen LogP contribution in [0.3, 0.4) is 0 Å². The second-order valence-corrected chi connectivity index (χ2v) is 5.70. The van der Waals surface area contributed by atoms with Crippen LogP contribution in [0.2, 0.25) is 0 Å². The van der Waals surface area contributed by atoms with Crippen molar-refractivity contribution in [1.82, 2.24) is 0 Å². The quantitative estimate of drug-likeness (QED) is 0.232. The Morgan fingerprint density at radius 3 is 1.64 bits per heavy atom. The van der Waals surface area contributed by atoms with Crippen molar-refractivity contribution in [2.75, 3.05) is 61.1 Å². The van der Waals surface area contributed by atoms with E-state index < -0.39 is 16.2 Å². The van der Waals surface area contributed by atoms with Crippen LogP contribution in [0.4, 0.5) is 0 Å². The molecular weight excluding hydrogens is 318 g/mol. The van der Waals surface area contributed by atoms with E-state index in [1.165, 1.54) is 14.2 Å². The molecule has 0 aromatic heterocycles. The van der Waals surface area contributed by atoms with Gasteiger partial charge in [-0.2, -0.15) is 8.42 Å². The molecule has 0 saturated heterocycles. The summed E-state index contributed by atoms with van der Waals surface area (Å²) in [6.07, 6.45) is 0.431. The average molecular weight is 343 g/mol. The predicted molar refractivity (Wildman–Crippen MR) is 80.2 cm³/mol. The summed E-state index contributed by atoms with van der Waals surface area (Å²) >= 11 is 0. The summed E-state index contributed by atoms with van der Waals surface area (Å²) in [5.74, 6) is 0. The van der Waals surface area contributed by atoms with E-state index in [0.717, 1.165) is 6.26 Å². The van der Waals surface area contributed by atoms with E-state index in [9.17, 15) is 8.42 Å². The second-order valence-electron chi connectivity index (χ2n) is 4.10. The van der Waals surface area contributed by atoms with Crippen LogP contribution in [-0.2, 0) is 33.2 Å². The minimum absolute atomic E-state index is 0.195. The Bertz CT molecular complexity index is 386. The van der Waals surface area contributed by atoms with Gasteiger partial charge in [0, 0.05) is 33.4 Å². The SMILES string of the molecule is COCC(COC)N=[N+]=[N-].COCC(COC)OS(C)(=O)=O. The van der Waals surface area contributed by atoms with Gasteiger partial charge in [0.05, 0.1) is 38.7 Å². The second kappa shape index (κ2) is 15.0. The van der Waals surface area contributed by atoms with Gasteiger partial charge in [0.2, 0.25) is 0 Å². The van der Waals surface area contributed by atoms with Crippen molar-refractivity contribution in [3.8, 4) is 0 Å². The molecule has 0 bridgehead atoms. The highest BCUT2D eigenvalue weighted by molar-refractivity contribution is 7.86. The van der Waals surface area contributed by atoms with E-state index in [-0.39, 0.29) is 19.3 Å². The maximum Gasteiger partial charge on any atom is 0.264 e. The van der Waals surface area contributed by atoms with Gasteiger partial charge in [-0.3, -0.25) is 4.18 Å².